The van der Waals surface area contributed by atoms with Gasteiger partial charge < -0.3 is 15.8 Å². The number of nitrogens with one attached hydrogen (secondary N) is 1. The Labute approximate surface area is 149 Å². The lowest BCUT2D eigenvalue weighted by atomic mass is 10.1. The molecule has 0 atom stereocenters. The molecule has 0 spiro atoms. The molecule has 0 saturated carbocycles. The summed E-state index contributed by atoms with van der Waals surface area (Å²) in [4.78, 5) is 12.4. The molecule has 4 nitrogen and oxygen atoms in total. The van der Waals surface area contributed by atoms with Gasteiger partial charge in [0.1, 0.15) is 5.75 Å². The van der Waals surface area contributed by atoms with E-state index in [1.165, 1.54) is 0 Å². The number of aryl methyl sites for hydroxylation is 1. The van der Waals surface area contributed by atoms with Gasteiger partial charge in [0, 0.05) is 23.0 Å². The van der Waals surface area contributed by atoms with E-state index in [4.69, 9.17) is 10.5 Å². The SMILES string of the molecule is Cc1ccc(N)cc1C(=O)Nc1cccc(OCCC(C)C)c1.Cl. The number of ether oxygens (including phenoxy) is 1. The fraction of sp³-hybridized carbons (Fsp3) is 0.316. The molecule has 0 unspecified atom stereocenters. The minimum Gasteiger partial charge on any atom is -0.494 e. The smallest absolute Gasteiger partial charge is 0.256 e. The summed E-state index contributed by atoms with van der Waals surface area (Å²) in [5, 5.41) is 2.89. The summed E-state index contributed by atoms with van der Waals surface area (Å²) >= 11 is 0. The average Bonchev–Trinajstić information content (AvgIpc) is 2.49. The Kier molecular flexibility index (Phi) is 7.59. The Morgan fingerprint density at radius 3 is 2.67 bits per heavy atom. The highest BCUT2D eigenvalue weighted by Crippen LogP contribution is 2.20. The number of carbonyl (C=O) groups is 1. The van der Waals surface area contributed by atoms with E-state index in [9.17, 15) is 4.79 Å². The van der Waals surface area contributed by atoms with Gasteiger partial charge in [-0.1, -0.05) is 26.0 Å². The van der Waals surface area contributed by atoms with Crippen molar-refractivity contribution in [2.75, 3.05) is 17.7 Å². The Hall–Kier alpha value is -2.20. The number of anilines is 2. The number of benzene rings is 2. The number of carbonyl (C=O) groups excluding carboxylic acids is 1. The zero-order valence-corrected chi connectivity index (χ0v) is 15.2. The molecule has 0 aromatic heterocycles. The van der Waals surface area contributed by atoms with E-state index >= 15 is 0 Å². The zero-order valence-electron chi connectivity index (χ0n) is 14.3. The first-order valence-corrected chi connectivity index (χ1v) is 7.86. The predicted molar refractivity (Wildman–Crippen MR) is 102 cm³/mol. The third kappa shape index (κ3) is 5.78. The standard InChI is InChI=1S/C19H24N2O2.ClH/c1-13(2)9-10-23-17-6-4-5-16(12-17)21-19(22)18-11-15(20)8-7-14(18)3;/h4-8,11-13H,9-10,20H2,1-3H3,(H,21,22);1H. The maximum absolute atomic E-state index is 12.4. The van der Waals surface area contributed by atoms with Gasteiger partial charge in [-0.3, -0.25) is 4.79 Å². The predicted octanol–water partition coefficient (Wildman–Crippen LogP) is 4.68. The van der Waals surface area contributed by atoms with E-state index in [1.54, 1.807) is 12.1 Å². The number of halogens is 1. The van der Waals surface area contributed by atoms with Crippen LogP contribution in [-0.4, -0.2) is 12.5 Å². The molecule has 2 rings (SSSR count). The summed E-state index contributed by atoms with van der Waals surface area (Å²) in [6, 6.07) is 12.8. The largest absolute Gasteiger partial charge is 0.494 e. The van der Waals surface area contributed by atoms with Crippen molar-refractivity contribution in [1.82, 2.24) is 0 Å². The fourth-order valence-corrected chi connectivity index (χ4v) is 2.16. The van der Waals surface area contributed by atoms with Crippen molar-refractivity contribution in [3.63, 3.8) is 0 Å². The molecule has 0 radical (unpaired) electrons. The van der Waals surface area contributed by atoms with Gasteiger partial charge in [-0.15, -0.1) is 12.4 Å². The number of nitrogen functional groups attached to an aromatic ring is 1. The van der Waals surface area contributed by atoms with Gasteiger partial charge in [0.25, 0.3) is 5.91 Å². The van der Waals surface area contributed by atoms with Crippen molar-refractivity contribution in [2.45, 2.75) is 27.2 Å². The van der Waals surface area contributed by atoms with E-state index in [-0.39, 0.29) is 18.3 Å². The highest BCUT2D eigenvalue weighted by Gasteiger charge is 2.10. The Morgan fingerprint density at radius 2 is 1.96 bits per heavy atom. The van der Waals surface area contributed by atoms with Crippen molar-refractivity contribution < 1.29 is 9.53 Å². The fourth-order valence-electron chi connectivity index (χ4n) is 2.16. The van der Waals surface area contributed by atoms with Crippen LogP contribution in [0.15, 0.2) is 42.5 Å². The third-order valence-electron chi connectivity index (χ3n) is 3.56. The van der Waals surface area contributed by atoms with Crippen LogP contribution in [-0.2, 0) is 0 Å². The molecule has 0 saturated heterocycles. The second-order valence-corrected chi connectivity index (χ2v) is 6.09. The van der Waals surface area contributed by atoms with Crippen LogP contribution in [0.3, 0.4) is 0 Å². The topological polar surface area (TPSA) is 64.4 Å². The summed E-state index contributed by atoms with van der Waals surface area (Å²) < 4.78 is 5.72. The number of hydrogen-bond acceptors (Lipinski definition) is 3. The first-order chi connectivity index (χ1) is 11.0. The molecule has 5 heteroatoms. The Bertz CT molecular complexity index is 687. The van der Waals surface area contributed by atoms with Crippen LogP contribution in [0.1, 0.15) is 36.2 Å². The summed E-state index contributed by atoms with van der Waals surface area (Å²) in [5.74, 6) is 1.19. The van der Waals surface area contributed by atoms with Crippen molar-refractivity contribution in [3.8, 4) is 5.75 Å². The molecule has 2 aromatic rings. The average molecular weight is 349 g/mol. The molecule has 2 aromatic carbocycles. The quantitative estimate of drug-likeness (QED) is 0.745. The van der Waals surface area contributed by atoms with Crippen molar-refractivity contribution in [3.05, 3.63) is 53.6 Å². The van der Waals surface area contributed by atoms with Crippen LogP contribution in [0.4, 0.5) is 11.4 Å². The summed E-state index contributed by atoms with van der Waals surface area (Å²) in [6.07, 6.45) is 0.999. The summed E-state index contributed by atoms with van der Waals surface area (Å²) in [5.41, 5.74) is 8.51. The van der Waals surface area contributed by atoms with Gasteiger partial charge in [0.2, 0.25) is 0 Å². The minimum atomic E-state index is -0.172. The van der Waals surface area contributed by atoms with Gasteiger partial charge in [-0.05, 0) is 49.1 Å². The molecule has 130 valence electrons. The van der Waals surface area contributed by atoms with E-state index in [2.05, 4.69) is 19.2 Å². The van der Waals surface area contributed by atoms with E-state index in [0.29, 0.717) is 29.5 Å². The molecular weight excluding hydrogens is 324 g/mol. The Morgan fingerprint density at radius 1 is 1.21 bits per heavy atom. The molecular formula is C19H25ClN2O2. The van der Waals surface area contributed by atoms with Gasteiger partial charge >= 0.3 is 0 Å². The summed E-state index contributed by atoms with van der Waals surface area (Å²) in [7, 11) is 0. The zero-order chi connectivity index (χ0) is 16.8. The maximum atomic E-state index is 12.4. The highest BCUT2D eigenvalue weighted by atomic mass is 35.5. The van der Waals surface area contributed by atoms with Crippen molar-refractivity contribution >= 4 is 29.7 Å². The maximum Gasteiger partial charge on any atom is 0.256 e. The highest BCUT2D eigenvalue weighted by molar-refractivity contribution is 6.05. The molecule has 0 heterocycles. The molecule has 0 fully saturated rings. The molecule has 0 aliphatic rings. The first kappa shape index (κ1) is 19.8. The van der Waals surface area contributed by atoms with Crippen LogP contribution in [0, 0.1) is 12.8 Å². The molecule has 1 amide bonds. The second-order valence-electron chi connectivity index (χ2n) is 6.09. The number of hydrogen-bond donors (Lipinski definition) is 2. The molecule has 3 N–H and O–H groups in total. The van der Waals surface area contributed by atoms with E-state index < -0.39 is 0 Å². The Balaban J connectivity index is 0.00000288. The monoisotopic (exact) mass is 348 g/mol. The van der Waals surface area contributed by atoms with Crippen molar-refractivity contribution in [2.24, 2.45) is 5.92 Å². The van der Waals surface area contributed by atoms with E-state index in [0.717, 1.165) is 17.7 Å². The number of rotatable bonds is 6. The molecule has 0 aliphatic carbocycles. The van der Waals surface area contributed by atoms with Crippen LogP contribution in [0.2, 0.25) is 0 Å². The van der Waals surface area contributed by atoms with Gasteiger partial charge in [-0.25, -0.2) is 0 Å². The lowest BCUT2D eigenvalue weighted by Crippen LogP contribution is -2.14. The number of nitrogens with two attached hydrogens (primary N) is 1. The third-order valence-corrected chi connectivity index (χ3v) is 3.56. The van der Waals surface area contributed by atoms with Crippen LogP contribution in [0.25, 0.3) is 0 Å². The van der Waals surface area contributed by atoms with Crippen molar-refractivity contribution in [1.29, 1.82) is 0 Å². The number of amides is 1. The molecule has 0 aliphatic heterocycles. The van der Waals surface area contributed by atoms with Gasteiger partial charge in [0.15, 0.2) is 0 Å². The lowest BCUT2D eigenvalue weighted by molar-refractivity contribution is 0.102. The summed E-state index contributed by atoms with van der Waals surface area (Å²) in [6.45, 7) is 6.88. The normalized spacial score (nSPS) is 10.2. The van der Waals surface area contributed by atoms with Gasteiger partial charge in [-0.2, -0.15) is 0 Å². The van der Waals surface area contributed by atoms with E-state index in [1.807, 2.05) is 37.3 Å². The minimum absolute atomic E-state index is 0. The molecule has 0 bridgehead atoms. The van der Waals surface area contributed by atoms with Crippen LogP contribution < -0.4 is 15.8 Å². The molecule has 24 heavy (non-hydrogen) atoms. The second kappa shape index (κ2) is 9.18. The lowest BCUT2D eigenvalue weighted by Gasteiger charge is -2.11. The van der Waals surface area contributed by atoms with Gasteiger partial charge in [0.05, 0.1) is 6.61 Å². The van der Waals surface area contributed by atoms with Crippen LogP contribution in [0.5, 0.6) is 5.75 Å². The first-order valence-electron chi connectivity index (χ1n) is 7.86. The van der Waals surface area contributed by atoms with Crippen LogP contribution >= 0.6 is 12.4 Å².